The lowest BCUT2D eigenvalue weighted by Gasteiger charge is -2.28. The quantitative estimate of drug-likeness (QED) is 0.918. The van der Waals surface area contributed by atoms with Crippen LogP contribution in [0.3, 0.4) is 0 Å². The first-order chi connectivity index (χ1) is 11.3. The van der Waals surface area contributed by atoms with Gasteiger partial charge >= 0.3 is 0 Å². The SMILES string of the molecule is O=c1cc(CO)occ1OCC1CCC(c2ccccc2)CC1. The summed E-state index contributed by atoms with van der Waals surface area (Å²) in [5, 5.41) is 8.93. The van der Waals surface area contributed by atoms with Crippen molar-refractivity contribution < 1.29 is 14.3 Å². The van der Waals surface area contributed by atoms with Crippen LogP contribution in [0.25, 0.3) is 0 Å². The van der Waals surface area contributed by atoms with Crippen molar-refractivity contribution in [1.82, 2.24) is 0 Å². The van der Waals surface area contributed by atoms with Crippen LogP contribution < -0.4 is 10.2 Å². The van der Waals surface area contributed by atoms with Gasteiger partial charge in [-0.1, -0.05) is 30.3 Å². The molecule has 3 rings (SSSR count). The zero-order valence-electron chi connectivity index (χ0n) is 13.1. The fourth-order valence-corrected chi connectivity index (χ4v) is 3.22. The van der Waals surface area contributed by atoms with E-state index in [9.17, 15) is 4.79 Å². The number of aliphatic hydroxyl groups is 1. The third-order valence-corrected chi connectivity index (χ3v) is 4.60. The molecule has 122 valence electrons. The lowest BCUT2D eigenvalue weighted by atomic mass is 9.79. The number of ether oxygens (including phenoxy) is 1. The summed E-state index contributed by atoms with van der Waals surface area (Å²) >= 11 is 0. The molecule has 0 unspecified atom stereocenters. The second kappa shape index (κ2) is 7.47. The van der Waals surface area contributed by atoms with Gasteiger partial charge in [0.2, 0.25) is 11.2 Å². The molecule has 0 saturated heterocycles. The summed E-state index contributed by atoms with van der Waals surface area (Å²) in [6.45, 7) is 0.268. The van der Waals surface area contributed by atoms with E-state index in [0.717, 1.165) is 25.7 Å². The minimum Gasteiger partial charge on any atom is -0.486 e. The number of rotatable bonds is 5. The van der Waals surface area contributed by atoms with Crippen molar-refractivity contribution >= 4 is 0 Å². The van der Waals surface area contributed by atoms with Gasteiger partial charge in [0.15, 0.2) is 0 Å². The van der Waals surface area contributed by atoms with Gasteiger partial charge in [-0.3, -0.25) is 4.79 Å². The van der Waals surface area contributed by atoms with Crippen LogP contribution in [0.4, 0.5) is 0 Å². The summed E-state index contributed by atoms with van der Waals surface area (Å²) in [6.07, 6.45) is 5.84. The molecule has 1 aliphatic carbocycles. The van der Waals surface area contributed by atoms with E-state index < -0.39 is 0 Å². The fourth-order valence-electron chi connectivity index (χ4n) is 3.22. The normalized spacial score (nSPS) is 21.1. The van der Waals surface area contributed by atoms with Gasteiger partial charge in [-0.15, -0.1) is 0 Å². The Morgan fingerprint density at radius 1 is 1.13 bits per heavy atom. The van der Waals surface area contributed by atoms with Crippen molar-refractivity contribution in [3.8, 4) is 5.75 Å². The smallest absolute Gasteiger partial charge is 0.227 e. The molecular weight excluding hydrogens is 292 g/mol. The van der Waals surface area contributed by atoms with Gasteiger partial charge in [-0.25, -0.2) is 0 Å². The standard InChI is InChI=1S/C19H22O4/c20-11-17-10-18(21)19(13-22-17)23-12-14-6-8-16(9-7-14)15-4-2-1-3-5-15/h1-5,10,13-14,16,20H,6-9,11-12H2. The third-order valence-electron chi connectivity index (χ3n) is 4.60. The summed E-state index contributed by atoms with van der Waals surface area (Å²) in [4.78, 5) is 11.8. The predicted molar refractivity (Wildman–Crippen MR) is 87.5 cm³/mol. The second-order valence-corrected chi connectivity index (χ2v) is 6.17. The molecule has 4 nitrogen and oxygen atoms in total. The molecule has 0 spiro atoms. The van der Waals surface area contributed by atoms with Crippen LogP contribution in [-0.4, -0.2) is 11.7 Å². The molecular formula is C19H22O4. The van der Waals surface area contributed by atoms with Crippen molar-refractivity contribution in [2.24, 2.45) is 5.92 Å². The van der Waals surface area contributed by atoms with E-state index in [1.54, 1.807) is 0 Å². The molecule has 0 bridgehead atoms. The predicted octanol–water partition coefficient (Wildman–Crippen LogP) is 3.48. The minimum atomic E-state index is -0.279. The van der Waals surface area contributed by atoms with Gasteiger partial charge < -0.3 is 14.3 Å². The van der Waals surface area contributed by atoms with Crippen molar-refractivity contribution in [3.05, 3.63) is 64.2 Å². The third kappa shape index (κ3) is 4.02. The maximum absolute atomic E-state index is 11.8. The molecule has 0 radical (unpaired) electrons. The van der Waals surface area contributed by atoms with Crippen LogP contribution >= 0.6 is 0 Å². The monoisotopic (exact) mass is 314 g/mol. The molecule has 1 aromatic heterocycles. The van der Waals surface area contributed by atoms with Gasteiger partial charge in [0.25, 0.3) is 0 Å². The molecule has 0 aliphatic heterocycles. The van der Waals surface area contributed by atoms with Gasteiger partial charge in [-0.05, 0) is 43.1 Å². The fraction of sp³-hybridized carbons (Fsp3) is 0.421. The highest BCUT2D eigenvalue weighted by Gasteiger charge is 2.23. The Labute approximate surface area is 135 Å². The van der Waals surface area contributed by atoms with E-state index in [0.29, 0.717) is 18.4 Å². The summed E-state index contributed by atoms with van der Waals surface area (Å²) in [6, 6.07) is 11.9. The first-order valence-corrected chi connectivity index (χ1v) is 8.16. The van der Waals surface area contributed by atoms with Gasteiger partial charge in [0.1, 0.15) is 18.6 Å². The van der Waals surface area contributed by atoms with E-state index in [4.69, 9.17) is 14.3 Å². The Morgan fingerprint density at radius 2 is 1.87 bits per heavy atom. The molecule has 1 saturated carbocycles. The van der Waals surface area contributed by atoms with Crippen LogP contribution in [0.1, 0.15) is 42.9 Å². The van der Waals surface area contributed by atoms with Crippen molar-refractivity contribution in [2.75, 3.05) is 6.61 Å². The van der Waals surface area contributed by atoms with E-state index >= 15 is 0 Å². The molecule has 23 heavy (non-hydrogen) atoms. The van der Waals surface area contributed by atoms with E-state index in [2.05, 4.69) is 30.3 Å². The minimum absolute atomic E-state index is 0.229. The summed E-state index contributed by atoms with van der Waals surface area (Å²) in [7, 11) is 0. The van der Waals surface area contributed by atoms with Gasteiger partial charge in [0, 0.05) is 6.07 Å². The zero-order valence-corrected chi connectivity index (χ0v) is 13.1. The van der Waals surface area contributed by atoms with E-state index in [1.165, 1.54) is 17.9 Å². The summed E-state index contributed by atoms with van der Waals surface area (Å²) < 4.78 is 10.8. The van der Waals surface area contributed by atoms with Gasteiger partial charge in [-0.2, -0.15) is 0 Å². The highest BCUT2D eigenvalue weighted by Crippen LogP contribution is 2.35. The summed E-state index contributed by atoms with van der Waals surface area (Å²) in [5.74, 6) is 1.60. The molecule has 1 fully saturated rings. The molecule has 0 atom stereocenters. The van der Waals surface area contributed by atoms with Crippen LogP contribution in [0, 0.1) is 5.92 Å². The van der Waals surface area contributed by atoms with Gasteiger partial charge in [0.05, 0.1) is 6.61 Å². The Bertz CT molecular complexity index is 669. The van der Waals surface area contributed by atoms with Crippen molar-refractivity contribution in [1.29, 1.82) is 0 Å². The highest BCUT2D eigenvalue weighted by molar-refractivity contribution is 5.20. The Balaban J connectivity index is 1.50. The average molecular weight is 314 g/mol. The van der Waals surface area contributed by atoms with Crippen molar-refractivity contribution in [3.63, 3.8) is 0 Å². The van der Waals surface area contributed by atoms with E-state index in [-0.39, 0.29) is 23.5 Å². The topological polar surface area (TPSA) is 59.7 Å². The number of hydrogen-bond acceptors (Lipinski definition) is 4. The molecule has 1 aliphatic rings. The largest absolute Gasteiger partial charge is 0.486 e. The van der Waals surface area contributed by atoms with Crippen LogP contribution in [0.15, 0.2) is 51.9 Å². The average Bonchev–Trinajstić information content (AvgIpc) is 2.62. The molecule has 4 heteroatoms. The first-order valence-electron chi connectivity index (χ1n) is 8.16. The van der Waals surface area contributed by atoms with Crippen LogP contribution in [-0.2, 0) is 6.61 Å². The first kappa shape index (κ1) is 15.8. The Morgan fingerprint density at radius 3 is 2.52 bits per heavy atom. The van der Waals surface area contributed by atoms with Crippen LogP contribution in [0.5, 0.6) is 5.75 Å². The molecule has 1 aromatic carbocycles. The zero-order chi connectivity index (χ0) is 16.1. The Hall–Kier alpha value is -2.07. The lowest BCUT2D eigenvalue weighted by molar-refractivity contribution is 0.191. The Kier molecular flexibility index (Phi) is 5.13. The number of benzene rings is 1. The molecule has 1 heterocycles. The van der Waals surface area contributed by atoms with Crippen LogP contribution in [0.2, 0.25) is 0 Å². The number of aliphatic hydroxyl groups excluding tert-OH is 1. The summed E-state index contributed by atoms with van der Waals surface area (Å²) in [5.41, 5.74) is 1.19. The highest BCUT2D eigenvalue weighted by atomic mass is 16.5. The molecule has 1 N–H and O–H groups in total. The second-order valence-electron chi connectivity index (χ2n) is 6.17. The maximum Gasteiger partial charge on any atom is 0.227 e. The lowest BCUT2D eigenvalue weighted by Crippen LogP contribution is -2.21. The molecule has 0 amide bonds. The number of hydrogen-bond donors (Lipinski definition) is 1. The van der Waals surface area contributed by atoms with E-state index in [1.807, 2.05) is 0 Å². The maximum atomic E-state index is 11.8. The van der Waals surface area contributed by atoms with Crippen molar-refractivity contribution in [2.45, 2.75) is 38.2 Å². The molecule has 2 aromatic rings.